The first-order valence-electron chi connectivity index (χ1n) is 4.28. The average Bonchev–Trinajstić information content (AvgIpc) is 2.25. The number of methoxy groups -OCH3 is 2. The van der Waals surface area contributed by atoms with E-state index in [0.29, 0.717) is 0 Å². The minimum absolute atomic E-state index is 0.0531. The third kappa shape index (κ3) is 2.48. The average molecular weight is 262 g/mol. The third-order valence-corrected chi connectivity index (χ3v) is 2.90. The van der Waals surface area contributed by atoms with Crippen molar-refractivity contribution in [3.05, 3.63) is 17.7 Å². The second kappa shape index (κ2) is 4.60. The van der Waals surface area contributed by atoms with Crippen LogP contribution in [0, 0.1) is 0 Å². The molecule has 2 N–H and O–H groups in total. The molecular formula is C9H10O7S. The Hall–Kier alpha value is -1.80. The van der Waals surface area contributed by atoms with Gasteiger partial charge in [-0.3, -0.25) is 4.55 Å². The minimum atomic E-state index is -4.65. The molecule has 0 bridgehead atoms. The Labute approximate surface area is 97.3 Å². The molecular weight excluding hydrogens is 252 g/mol. The van der Waals surface area contributed by atoms with Gasteiger partial charge in [0.25, 0.3) is 10.1 Å². The Kier molecular flexibility index (Phi) is 3.59. The Morgan fingerprint density at radius 3 is 2.18 bits per heavy atom. The van der Waals surface area contributed by atoms with E-state index in [0.717, 1.165) is 13.2 Å². The summed E-state index contributed by atoms with van der Waals surface area (Å²) in [6.07, 6.45) is 0. The third-order valence-electron chi connectivity index (χ3n) is 2.00. The van der Waals surface area contributed by atoms with Crippen LogP contribution in [0.1, 0.15) is 10.4 Å². The number of aromatic carboxylic acids is 1. The SMILES string of the molecule is COc1ccc(S(=O)(=O)O)c(C(=O)O)c1OC. The zero-order chi connectivity index (χ0) is 13.2. The maximum atomic E-state index is 11.0. The number of carboxylic acid groups (broad SMARTS) is 1. The van der Waals surface area contributed by atoms with E-state index in [1.165, 1.54) is 13.2 Å². The predicted octanol–water partition coefficient (Wildman–Crippen LogP) is 0.649. The van der Waals surface area contributed by atoms with E-state index in [9.17, 15) is 13.2 Å². The molecule has 0 radical (unpaired) electrons. The van der Waals surface area contributed by atoms with Gasteiger partial charge in [-0.2, -0.15) is 8.42 Å². The number of rotatable bonds is 4. The minimum Gasteiger partial charge on any atom is -0.493 e. The molecule has 0 fully saturated rings. The van der Waals surface area contributed by atoms with Crippen LogP contribution in [0.15, 0.2) is 17.0 Å². The second-order valence-corrected chi connectivity index (χ2v) is 4.34. The van der Waals surface area contributed by atoms with Crippen molar-refractivity contribution in [1.82, 2.24) is 0 Å². The molecule has 0 aliphatic heterocycles. The normalized spacial score (nSPS) is 11.0. The van der Waals surface area contributed by atoms with E-state index in [4.69, 9.17) is 19.1 Å². The van der Waals surface area contributed by atoms with Crippen LogP contribution in [-0.2, 0) is 10.1 Å². The standard InChI is InChI=1S/C9H10O7S/c1-15-5-3-4-6(17(12,13)14)7(9(10)11)8(5)16-2/h3-4H,1-2H3,(H,10,11)(H,12,13,14). The first kappa shape index (κ1) is 13.3. The van der Waals surface area contributed by atoms with Gasteiger partial charge < -0.3 is 14.6 Å². The maximum absolute atomic E-state index is 11.0. The molecule has 0 heterocycles. The molecule has 0 aliphatic carbocycles. The fraction of sp³-hybridized carbons (Fsp3) is 0.222. The molecule has 1 aromatic carbocycles. The summed E-state index contributed by atoms with van der Waals surface area (Å²) in [4.78, 5) is 10.3. The van der Waals surface area contributed by atoms with Gasteiger partial charge in [0.2, 0.25) is 0 Å². The Balaban J connectivity index is 3.72. The molecule has 1 aromatic rings. The van der Waals surface area contributed by atoms with Crippen molar-refractivity contribution in [1.29, 1.82) is 0 Å². The molecule has 0 aliphatic rings. The van der Waals surface area contributed by atoms with E-state index in [-0.39, 0.29) is 11.5 Å². The van der Waals surface area contributed by atoms with Crippen molar-refractivity contribution < 1.29 is 32.3 Å². The lowest BCUT2D eigenvalue weighted by Gasteiger charge is -2.12. The van der Waals surface area contributed by atoms with Crippen LogP contribution in [0.5, 0.6) is 11.5 Å². The highest BCUT2D eigenvalue weighted by Crippen LogP contribution is 2.35. The van der Waals surface area contributed by atoms with Gasteiger partial charge in [0.15, 0.2) is 11.5 Å². The number of carbonyl (C=O) groups is 1. The molecule has 0 amide bonds. The molecule has 0 saturated heterocycles. The van der Waals surface area contributed by atoms with Gasteiger partial charge in [0.05, 0.1) is 14.2 Å². The highest BCUT2D eigenvalue weighted by molar-refractivity contribution is 7.86. The predicted molar refractivity (Wildman–Crippen MR) is 56.3 cm³/mol. The monoisotopic (exact) mass is 262 g/mol. The molecule has 0 aromatic heterocycles. The molecule has 94 valence electrons. The highest BCUT2D eigenvalue weighted by atomic mass is 32.2. The Bertz CT molecular complexity index is 547. The van der Waals surface area contributed by atoms with Crippen molar-refractivity contribution in [2.24, 2.45) is 0 Å². The molecule has 0 atom stereocenters. The van der Waals surface area contributed by atoms with Crippen LogP contribution >= 0.6 is 0 Å². The maximum Gasteiger partial charge on any atom is 0.341 e. The van der Waals surface area contributed by atoms with E-state index in [1.54, 1.807) is 0 Å². The molecule has 0 spiro atoms. The largest absolute Gasteiger partial charge is 0.493 e. The highest BCUT2D eigenvalue weighted by Gasteiger charge is 2.27. The zero-order valence-electron chi connectivity index (χ0n) is 9.00. The fourth-order valence-electron chi connectivity index (χ4n) is 1.33. The fourth-order valence-corrected chi connectivity index (χ4v) is 2.00. The van der Waals surface area contributed by atoms with Gasteiger partial charge in [-0.25, -0.2) is 4.79 Å². The molecule has 1 rings (SSSR count). The van der Waals surface area contributed by atoms with Crippen molar-refractivity contribution in [2.75, 3.05) is 14.2 Å². The summed E-state index contributed by atoms with van der Waals surface area (Å²) in [5.74, 6) is -1.76. The molecule has 8 heteroatoms. The van der Waals surface area contributed by atoms with Gasteiger partial charge in [-0.15, -0.1) is 0 Å². The second-order valence-electron chi connectivity index (χ2n) is 2.95. The lowest BCUT2D eigenvalue weighted by atomic mass is 10.2. The lowest BCUT2D eigenvalue weighted by molar-refractivity contribution is 0.0687. The first-order chi connectivity index (χ1) is 7.82. The summed E-state index contributed by atoms with van der Waals surface area (Å²) in [7, 11) is -2.21. The topological polar surface area (TPSA) is 110 Å². The van der Waals surface area contributed by atoms with Crippen molar-refractivity contribution >= 4 is 16.1 Å². The van der Waals surface area contributed by atoms with Crippen molar-refractivity contribution in [3.63, 3.8) is 0 Å². The summed E-state index contributed by atoms with van der Waals surface area (Å²) in [6, 6.07) is 2.12. The van der Waals surface area contributed by atoms with E-state index in [1.807, 2.05) is 0 Å². The zero-order valence-corrected chi connectivity index (χ0v) is 9.82. The van der Waals surface area contributed by atoms with Gasteiger partial charge in [0.1, 0.15) is 10.5 Å². The van der Waals surface area contributed by atoms with Crippen LogP contribution in [0.25, 0.3) is 0 Å². The lowest BCUT2D eigenvalue weighted by Crippen LogP contribution is -2.10. The quantitative estimate of drug-likeness (QED) is 0.766. The van der Waals surface area contributed by atoms with Crippen molar-refractivity contribution in [3.8, 4) is 11.5 Å². The summed E-state index contributed by atoms with van der Waals surface area (Å²) in [5, 5.41) is 8.95. The smallest absolute Gasteiger partial charge is 0.341 e. The van der Waals surface area contributed by atoms with E-state index in [2.05, 4.69) is 0 Å². The number of hydrogen-bond acceptors (Lipinski definition) is 5. The molecule has 0 unspecified atom stereocenters. The molecule has 17 heavy (non-hydrogen) atoms. The Morgan fingerprint density at radius 2 is 1.82 bits per heavy atom. The van der Waals surface area contributed by atoms with Crippen LogP contribution < -0.4 is 9.47 Å². The van der Waals surface area contributed by atoms with Gasteiger partial charge in [0, 0.05) is 0 Å². The number of carboxylic acids is 1. The van der Waals surface area contributed by atoms with Gasteiger partial charge in [-0.05, 0) is 12.1 Å². The van der Waals surface area contributed by atoms with Crippen LogP contribution in [0.3, 0.4) is 0 Å². The molecule has 0 saturated carbocycles. The van der Waals surface area contributed by atoms with Gasteiger partial charge >= 0.3 is 5.97 Å². The van der Waals surface area contributed by atoms with Crippen molar-refractivity contribution in [2.45, 2.75) is 4.90 Å². The Morgan fingerprint density at radius 1 is 1.24 bits per heavy atom. The van der Waals surface area contributed by atoms with Crippen LogP contribution in [0.2, 0.25) is 0 Å². The van der Waals surface area contributed by atoms with E-state index < -0.39 is 26.5 Å². The number of hydrogen-bond donors (Lipinski definition) is 2. The number of benzene rings is 1. The molecule has 7 nitrogen and oxygen atoms in total. The van der Waals surface area contributed by atoms with Crippen LogP contribution in [-0.4, -0.2) is 38.3 Å². The van der Waals surface area contributed by atoms with Gasteiger partial charge in [-0.1, -0.05) is 0 Å². The summed E-state index contributed by atoms with van der Waals surface area (Å²) in [6.45, 7) is 0. The van der Waals surface area contributed by atoms with Crippen LogP contribution in [0.4, 0.5) is 0 Å². The van der Waals surface area contributed by atoms with E-state index >= 15 is 0 Å². The summed E-state index contributed by atoms with van der Waals surface area (Å²) >= 11 is 0. The first-order valence-corrected chi connectivity index (χ1v) is 5.72. The number of ether oxygens (including phenoxy) is 2. The summed E-state index contributed by atoms with van der Waals surface area (Å²) < 4.78 is 40.6. The summed E-state index contributed by atoms with van der Waals surface area (Å²) in [5.41, 5.74) is -0.672.